The Morgan fingerprint density at radius 3 is 2.50 bits per heavy atom. The fourth-order valence-electron chi connectivity index (χ4n) is 2.93. The summed E-state index contributed by atoms with van der Waals surface area (Å²) >= 11 is 0. The van der Waals surface area contributed by atoms with E-state index < -0.39 is 17.9 Å². The third-order valence-corrected chi connectivity index (χ3v) is 4.40. The standard InChI is InChI=1S/C22H24N2O4/c1-14(2)13-28-17-9-7-15(8-10-17)21(25)24-20(22(26)27)11-16-12-23-19-6-4-3-5-18(16)19/h3-10,12,14,20,23H,11,13H2,1-2H3,(H,24,25)(H,26,27)/t20-/m1/s1. The van der Waals surface area contributed by atoms with Gasteiger partial charge in [-0.1, -0.05) is 32.0 Å². The number of para-hydroxylation sites is 1. The van der Waals surface area contributed by atoms with Crippen LogP contribution in [0.5, 0.6) is 5.75 Å². The molecule has 0 aliphatic rings. The van der Waals surface area contributed by atoms with Crippen LogP contribution in [-0.2, 0) is 11.2 Å². The zero-order valence-electron chi connectivity index (χ0n) is 15.9. The summed E-state index contributed by atoms with van der Waals surface area (Å²) in [6, 6.07) is 13.3. The van der Waals surface area contributed by atoms with Gasteiger partial charge in [-0.3, -0.25) is 4.79 Å². The molecule has 1 heterocycles. The summed E-state index contributed by atoms with van der Waals surface area (Å²) in [4.78, 5) is 27.3. The number of hydrogen-bond acceptors (Lipinski definition) is 3. The van der Waals surface area contributed by atoms with Gasteiger partial charge in [0.1, 0.15) is 11.8 Å². The Morgan fingerprint density at radius 1 is 1.11 bits per heavy atom. The summed E-state index contributed by atoms with van der Waals surface area (Å²) in [6.45, 7) is 4.71. The van der Waals surface area contributed by atoms with E-state index in [-0.39, 0.29) is 6.42 Å². The number of aromatic amines is 1. The van der Waals surface area contributed by atoms with Gasteiger partial charge < -0.3 is 20.1 Å². The third kappa shape index (κ3) is 4.71. The smallest absolute Gasteiger partial charge is 0.326 e. The van der Waals surface area contributed by atoms with Crippen molar-refractivity contribution in [1.82, 2.24) is 10.3 Å². The van der Waals surface area contributed by atoms with Gasteiger partial charge in [-0.25, -0.2) is 4.79 Å². The molecular formula is C22H24N2O4. The number of fused-ring (bicyclic) bond motifs is 1. The van der Waals surface area contributed by atoms with Crippen molar-refractivity contribution in [2.24, 2.45) is 5.92 Å². The second-order valence-electron chi connectivity index (χ2n) is 7.16. The van der Waals surface area contributed by atoms with Gasteiger partial charge in [0.05, 0.1) is 6.61 Å². The number of carboxylic acids is 1. The van der Waals surface area contributed by atoms with Gasteiger partial charge >= 0.3 is 5.97 Å². The highest BCUT2D eigenvalue weighted by atomic mass is 16.5. The van der Waals surface area contributed by atoms with E-state index in [0.29, 0.717) is 23.8 Å². The number of H-pyrrole nitrogens is 1. The number of carbonyl (C=O) groups is 2. The number of ether oxygens (including phenoxy) is 1. The summed E-state index contributed by atoms with van der Waals surface area (Å²) < 4.78 is 5.60. The van der Waals surface area contributed by atoms with Crippen LogP contribution in [-0.4, -0.2) is 34.6 Å². The summed E-state index contributed by atoms with van der Waals surface area (Å²) in [5, 5.41) is 13.1. The number of amides is 1. The van der Waals surface area contributed by atoms with Crippen molar-refractivity contribution in [3.05, 3.63) is 65.9 Å². The average molecular weight is 380 g/mol. The van der Waals surface area contributed by atoms with E-state index in [1.54, 1.807) is 30.5 Å². The lowest BCUT2D eigenvalue weighted by Gasteiger charge is -2.15. The maximum absolute atomic E-state index is 12.5. The van der Waals surface area contributed by atoms with E-state index in [0.717, 1.165) is 16.5 Å². The lowest BCUT2D eigenvalue weighted by molar-refractivity contribution is -0.139. The molecule has 1 amide bonds. The number of carboxylic acid groups (broad SMARTS) is 1. The largest absolute Gasteiger partial charge is 0.493 e. The zero-order valence-corrected chi connectivity index (χ0v) is 15.9. The molecule has 0 bridgehead atoms. The SMILES string of the molecule is CC(C)COc1ccc(C(=O)N[C@H](Cc2c[nH]c3ccccc23)C(=O)O)cc1. The van der Waals surface area contributed by atoms with Gasteiger partial charge in [0.25, 0.3) is 5.91 Å². The Morgan fingerprint density at radius 2 is 1.82 bits per heavy atom. The second kappa shape index (κ2) is 8.61. The minimum atomic E-state index is -1.07. The summed E-state index contributed by atoms with van der Waals surface area (Å²) in [6.07, 6.45) is 1.98. The lowest BCUT2D eigenvalue weighted by atomic mass is 10.0. The van der Waals surface area contributed by atoms with Gasteiger partial charge in [0.15, 0.2) is 0 Å². The van der Waals surface area contributed by atoms with Crippen molar-refractivity contribution in [2.45, 2.75) is 26.3 Å². The number of hydrogen-bond donors (Lipinski definition) is 3. The molecule has 0 spiro atoms. The minimum Gasteiger partial charge on any atom is -0.493 e. The summed E-state index contributed by atoms with van der Waals surface area (Å²) in [5.74, 6) is -0.416. The fourth-order valence-corrected chi connectivity index (χ4v) is 2.93. The molecule has 146 valence electrons. The van der Waals surface area contributed by atoms with Crippen LogP contribution in [0.25, 0.3) is 10.9 Å². The molecule has 6 nitrogen and oxygen atoms in total. The van der Waals surface area contributed by atoms with Crippen LogP contribution in [0.2, 0.25) is 0 Å². The molecule has 0 unspecified atom stereocenters. The zero-order chi connectivity index (χ0) is 20.1. The van der Waals surface area contributed by atoms with Gasteiger partial charge in [-0.2, -0.15) is 0 Å². The van der Waals surface area contributed by atoms with Crippen LogP contribution in [0.15, 0.2) is 54.7 Å². The predicted octanol–water partition coefficient (Wildman–Crippen LogP) is 3.63. The molecule has 0 fully saturated rings. The van der Waals surface area contributed by atoms with Crippen LogP contribution < -0.4 is 10.1 Å². The maximum atomic E-state index is 12.5. The molecule has 1 atom stereocenters. The number of aliphatic carboxylic acids is 1. The lowest BCUT2D eigenvalue weighted by Crippen LogP contribution is -2.42. The molecule has 0 saturated carbocycles. The van der Waals surface area contributed by atoms with Gasteiger partial charge in [-0.05, 0) is 41.8 Å². The van der Waals surface area contributed by atoms with E-state index >= 15 is 0 Å². The highest BCUT2D eigenvalue weighted by Crippen LogP contribution is 2.19. The second-order valence-corrected chi connectivity index (χ2v) is 7.16. The number of benzene rings is 2. The molecule has 0 saturated heterocycles. The molecule has 3 rings (SSSR count). The first-order valence-electron chi connectivity index (χ1n) is 9.25. The molecule has 0 aliphatic heterocycles. The minimum absolute atomic E-state index is 0.195. The number of aromatic nitrogens is 1. The summed E-state index contributed by atoms with van der Waals surface area (Å²) in [5.41, 5.74) is 2.17. The van der Waals surface area contributed by atoms with Crippen LogP contribution in [0, 0.1) is 5.92 Å². The Labute approximate surface area is 163 Å². The highest BCUT2D eigenvalue weighted by molar-refractivity contribution is 5.97. The fraction of sp³-hybridized carbons (Fsp3) is 0.273. The number of rotatable bonds is 8. The molecule has 0 aliphatic carbocycles. The van der Waals surface area contributed by atoms with Crippen LogP contribution in [0.1, 0.15) is 29.8 Å². The average Bonchev–Trinajstić information content (AvgIpc) is 3.09. The summed E-state index contributed by atoms with van der Waals surface area (Å²) in [7, 11) is 0. The molecule has 6 heteroatoms. The Bertz CT molecular complexity index is 960. The molecule has 1 aromatic heterocycles. The molecular weight excluding hydrogens is 356 g/mol. The predicted molar refractivity (Wildman–Crippen MR) is 108 cm³/mol. The van der Waals surface area contributed by atoms with Crippen LogP contribution >= 0.6 is 0 Å². The number of nitrogens with one attached hydrogen (secondary N) is 2. The van der Waals surface area contributed by atoms with Crippen molar-refractivity contribution in [1.29, 1.82) is 0 Å². The van der Waals surface area contributed by atoms with Gasteiger partial charge in [0.2, 0.25) is 0 Å². The molecule has 2 aromatic carbocycles. The quantitative estimate of drug-likeness (QED) is 0.556. The molecule has 0 radical (unpaired) electrons. The van der Waals surface area contributed by atoms with Crippen LogP contribution in [0.4, 0.5) is 0 Å². The normalized spacial score (nSPS) is 12.1. The third-order valence-electron chi connectivity index (χ3n) is 4.40. The molecule has 3 N–H and O–H groups in total. The van der Waals surface area contributed by atoms with E-state index in [1.807, 2.05) is 24.3 Å². The Hall–Kier alpha value is -3.28. The topological polar surface area (TPSA) is 91.4 Å². The highest BCUT2D eigenvalue weighted by Gasteiger charge is 2.22. The van der Waals surface area contributed by atoms with Crippen LogP contribution in [0.3, 0.4) is 0 Å². The maximum Gasteiger partial charge on any atom is 0.326 e. The monoisotopic (exact) mass is 380 g/mol. The van der Waals surface area contributed by atoms with Gasteiger partial charge in [0, 0.05) is 29.1 Å². The first-order chi connectivity index (χ1) is 13.4. The Balaban J connectivity index is 1.68. The van der Waals surface area contributed by atoms with E-state index in [2.05, 4.69) is 24.1 Å². The Kier molecular flexibility index (Phi) is 5.99. The first kappa shape index (κ1) is 19.5. The van der Waals surface area contributed by atoms with Crippen molar-refractivity contribution in [3.8, 4) is 5.75 Å². The first-order valence-corrected chi connectivity index (χ1v) is 9.25. The van der Waals surface area contributed by atoms with E-state index in [1.165, 1.54) is 0 Å². The van der Waals surface area contributed by atoms with Gasteiger partial charge in [-0.15, -0.1) is 0 Å². The van der Waals surface area contributed by atoms with E-state index in [9.17, 15) is 14.7 Å². The number of carbonyl (C=O) groups excluding carboxylic acids is 1. The van der Waals surface area contributed by atoms with E-state index in [4.69, 9.17) is 4.74 Å². The molecule has 28 heavy (non-hydrogen) atoms. The van der Waals surface area contributed by atoms with Crippen molar-refractivity contribution >= 4 is 22.8 Å². The van der Waals surface area contributed by atoms with Crippen molar-refractivity contribution < 1.29 is 19.4 Å². The van der Waals surface area contributed by atoms with Crippen molar-refractivity contribution in [2.75, 3.05) is 6.61 Å². The van der Waals surface area contributed by atoms with Crippen molar-refractivity contribution in [3.63, 3.8) is 0 Å². The molecule has 3 aromatic rings.